The summed E-state index contributed by atoms with van der Waals surface area (Å²) in [5.74, 6) is 0. The van der Waals surface area contributed by atoms with Gasteiger partial charge >= 0.3 is 0 Å². The summed E-state index contributed by atoms with van der Waals surface area (Å²) >= 11 is 0. The Morgan fingerprint density at radius 2 is 0.822 bits per heavy atom. The molecule has 0 fully saturated rings. The fraction of sp³-hybridized carbons (Fsp3) is 0. The molecule has 0 spiro atoms. The molecule has 0 aliphatic carbocycles. The lowest BCUT2D eigenvalue weighted by atomic mass is 9.34. The molecule has 9 aromatic rings. The van der Waals surface area contributed by atoms with Gasteiger partial charge in [0.05, 0.1) is 11.0 Å². The highest BCUT2D eigenvalue weighted by molar-refractivity contribution is 7.00. The van der Waals surface area contributed by atoms with Gasteiger partial charge in [0.15, 0.2) is 0 Å². The highest BCUT2D eigenvalue weighted by atomic mass is 15.0. The third-order valence-corrected chi connectivity index (χ3v) is 10.3. The minimum Gasteiger partial charge on any atom is -0.310 e. The fourth-order valence-electron chi connectivity index (χ4n) is 8.48. The number of para-hydroxylation sites is 2. The molecule has 0 saturated heterocycles. The van der Waals surface area contributed by atoms with E-state index in [1.54, 1.807) is 0 Å². The predicted molar refractivity (Wildman–Crippen MR) is 191 cm³/mol. The lowest BCUT2D eigenvalue weighted by molar-refractivity contribution is 1.14. The average molecular weight is 568 g/mol. The molecular formula is C42H25BN2. The van der Waals surface area contributed by atoms with E-state index in [2.05, 4.69) is 161 Å². The maximum absolute atomic E-state index is 2.54. The normalized spacial score (nSPS) is 12.8. The zero-order valence-electron chi connectivity index (χ0n) is 24.4. The molecule has 4 heterocycles. The van der Waals surface area contributed by atoms with Crippen LogP contribution in [0, 0.1) is 0 Å². The molecule has 0 atom stereocenters. The summed E-state index contributed by atoms with van der Waals surface area (Å²) in [7, 11) is 0. The third kappa shape index (κ3) is 2.95. The van der Waals surface area contributed by atoms with Crippen molar-refractivity contribution in [2.75, 3.05) is 0 Å². The van der Waals surface area contributed by atoms with E-state index in [-0.39, 0.29) is 6.71 Å². The van der Waals surface area contributed by atoms with Crippen molar-refractivity contribution in [2.45, 2.75) is 0 Å². The van der Waals surface area contributed by atoms with E-state index >= 15 is 0 Å². The molecule has 0 saturated carbocycles. The minimum atomic E-state index is 0.166. The monoisotopic (exact) mass is 568 g/mol. The topological polar surface area (TPSA) is 9.86 Å². The Hall–Kier alpha value is -5.80. The Balaban J connectivity index is 1.24. The van der Waals surface area contributed by atoms with Gasteiger partial charge in [0.1, 0.15) is 0 Å². The molecule has 3 heteroatoms. The van der Waals surface area contributed by atoms with Gasteiger partial charge in [-0.2, -0.15) is 0 Å². The zero-order valence-corrected chi connectivity index (χ0v) is 24.4. The summed E-state index contributed by atoms with van der Waals surface area (Å²) in [5, 5.41) is 5.26. The number of hydrogen-bond donors (Lipinski definition) is 0. The van der Waals surface area contributed by atoms with Gasteiger partial charge < -0.3 is 9.13 Å². The molecule has 0 N–H and O–H groups in total. The smallest absolute Gasteiger partial charge is 0.252 e. The quantitative estimate of drug-likeness (QED) is 0.186. The molecule has 0 bridgehead atoms. The predicted octanol–water partition coefficient (Wildman–Crippen LogP) is 8.36. The third-order valence-electron chi connectivity index (χ3n) is 10.3. The number of aromatic nitrogens is 2. The summed E-state index contributed by atoms with van der Waals surface area (Å²) in [5.41, 5.74) is 16.9. The SMILES string of the molecule is c1ccc(-c2ccc3c(c2)c2cccc4c2n3-c2cccc3c2B4c2cccc4c5cc(-c6ccccc6)ccc5n-3c24)cc1. The molecule has 0 radical (unpaired) electrons. The van der Waals surface area contributed by atoms with Crippen molar-refractivity contribution in [1.82, 2.24) is 9.13 Å². The molecular weight excluding hydrogens is 543 g/mol. The van der Waals surface area contributed by atoms with Crippen LogP contribution >= 0.6 is 0 Å². The standard InChI is InChI=1S/C42H25BN2/c1-3-10-26(11-4-1)28-20-22-36-32(24-28)30-14-7-16-34-41(30)44(36)38-18-9-19-39-40(38)43(34)35-17-8-15-31-33-25-29(27-12-5-2-6-13-27)21-23-37(33)45(39)42(31)35/h1-25H. The van der Waals surface area contributed by atoms with Gasteiger partial charge in [0, 0.05) is 44.0 Å². The van der Waals surface area contributed by atoms with Crippen LogP contribution in [0.5, 0.6) is 0 Å². The first-order chi connectivity index (χ1) is 22.3. The number of hydrogen-bond acceptors (Lipinski definition) is 0. The minimum absolute atomic E-state index is 0.166. The van der Waals surface area contributed by atoms with Crippen LogP contribution in [0.2, 0.25) is 0 Å². The van der Waals surface area contributed by atoms with Crippen molar-refractivity contribution in [3.05, 3.63) is 152 Å². The van der Waals surface area contributed by atoms with Gasteiger partial charge in [-0.15, -0.1) is 0 Å². The Kier molecular flexibility index (Phi) is 4.43. The van der Waals surface area contributed by atoms with Gasteiger partial charge in [-0.1, -0.05) is 115 Å². The van der Waals surface area contributed by atoms with Gasteiger partial charge in [-0.3, -0.25) is 0 Å². The summed E-state index contributed by atoms with van der Waals surface area (Å²) in [4.78, 5) is 0. The van der Waals surface area contributed by atoms with E-state index in [1.807, 2.05) is 0 Å². The Morgan fingerprint density at radius 3 is 1.31 bits per heavy atom. The van der Waals surface area contributed by atoms with E-state index in [9.17, 15) is 0 Å². The number of rotatable bonds is 2. The zero-order chi connectivity index (χ0) is 29.2. The average Bonchev–Trinajstić information content (AvgIpc) is 3.63. The highest BCUT2D eigenvalue weighted by Gasteiger charge is 2.40. The number of fused-ring (bicyclic) bond motifs is 10. The summed E-state index contributed by atoms with van der Waals surface area (Å²) in [6.07, 6.45) is 0. The second-order valence-electron chi connectivity index (χ2n) is 12.5. The van der Waals surface area contributed by atoms with Crippen LogP contribution in [0.25, 0.3) is 77.2 Å². The van der Waals surface area contributed by atoms with E-state index < -0.39 is 0 Å². The molecule has 2 nitrogen and oxygen atoms in total. The highest BCUT2D eigenvalue weighted by Crippen LogP contribution is 2.40. The maximum atomic E-state index is 2.54. The summed E-state index contributed by atoms with van der Waals surface area (Å²) in [6, 6.07) is 56.2. The Labute approximate surface area is 260 Å². The van der Waals surface area contributed by atoms with Crippen molar-refractivity contribution in [3.8, 4) is 33.6 Å². The summed E-state index contributed by atoms with van der Waals surface area (Å²) in [6.45, 7) is 0.166. The molecule has 7 aromatic carbocycles. The molecule has 11 rings (SSSR count). The van der Waals surface area contributed by atoms with Crippen LogP contribution in [-0.4, -0.2) is 15.8 Å². The van der Waals surface area contributed by atoms with Crippen molar-refractivity contribution >= 4 is 66.7 Å². The van der Waals surface area contributed by atoms with E-state index in [0.717, 1.165) is 0 Å². The van der Waals surface area contributed by atoms with Crippen molar-refractivity contribution < 1.29 is 0 Å². The van der Waals surface area contributed by atoms with Gasteiger partial charge in [0.2, 0.25) is 0 Å². The van der Waals surface area contributed by atoms with Crippen LogP contribution in [0.4, 0.5) is 0 Å². The van der Waals surface area contributed by atoms with Crippen LogP contribution in [0.1, 0.15) is 0 Å². The molecule has 2 aliphatic heterocycles. The van der Waals surface area contributed by atoms with Gasteiger partial charge in [-0.05, 0) is 75.0 Å². The van der Waals surface area contributed by atoms with Crippen molar-refractivity contribution in [3.63, 3.8) is 0 Å². The second-order valence-corrected chi connectivity index (χ2v) is 12.5. The fourth-order valence-corrected chi connectivity index (χ4v) is 8.48. The van der Waals surface area contributed by atoms with Crippen LogP contribution < -0.4 is 16.4 Å². The molecule has 2 aromatic heterocycles. The van der Waals surface area contributed by atoms with E-state index in [1.165, 1.54) is 93.6 Å². The first-order valence-electron chi connectivity index (χ1n) is 15.7. The van der Waals surface area contributed by atoms with E-state index in [0.29, 0.717) is 0 Å². The van der Waals surface area contributed by atoms with Crippen LogP contribution in [-0.2, 0) is 0 Å². The molecule has 2 aliphatic rings. The first-order valence-corrected chi connectivity index (χ1v) is 15.7. The van der Waals surface area contributed by atoms with Gasteiger partial charge in [-0.25, -0.2) is 0 Å². The lowest BCUT2D eigenvalue weighted by Gasteiger charge is -2.33. The molecule has 206 valence electrons. The molecule has 0 amide bonds. The Bertz CT molecular complexity index is 2510. The van der Waals surface area contributed by atoms with Crippen LogP contribution in [0.15, 0.2) is 152 Å². The lowest BCUT2D eigenvalue weighted by Crippen LogP contribution is -2.59. The number of nitrogens with zero attached hydrogens (tertiary/aromatic N) is 2. The van der Waals surface area contributed by atoms with Crippen molar-refractivity contribution in [1.29, 1.82) is 0 Å². The first kappa shape index (κ1) is 23.6. The number of benzene rings is 7. The molecule has 0 unspecified atom stereocenters. The van der Waals surface area contributed by atoms with Gasteiger partial charge in [0.25, 0.3) is 6.71 Å². The van der Waals surface area contributed by atoms with Crippen molar-refractivity contribution in [2.24, 2.45) is 0 Å². The summed E-state index contributed by atoms with van der Waals surface area (Å²) < 4.78 is 5.07. The van der Waals surface area contributed by atoms with Crippen LogP contribution in [0.3, 0.4) is 0 Å². The maximum Gasteiger partial charge on any atom is 0.252 e. The largest absolute Gasteiger partial charge is 0.310 e. The molecule has 45 heavy (non-hydrogen) atoms. The Morgan fingerprint density at radius 1 is 0.356 bits per heavy atom. The van der Waals surface area contributed by atoms with E-state index in [4.69, 9.17) is 0 Å². The second kappa shape index (κ2) is 8.43.